The third kappa shape index (κ3) is 4.21. The number of nitrogens with zero attached hydrogens (tertiary/aromatic N) is 3. The van der Waals surface area contributed by atoms with Gasteiger partial charge >= 0.3 is 0 Å². The van der Waals surface area contributed by atoms with Crippen molar-refractivity contribution in [3.05, 3.63) is 53.7 Å². The standard InChI is InChI=1S/C22H30N6O/c1-16(2)18-12-26-28-20(24-11-17-6-4-3-5-7-17)10-19(27-21(18)28)25-14-22(15-29)8-9-23-13-22/h3-7,10,12,16,23-24,29H,8-9,11,13-15H2,1-2H3,(H,25,27)/t22-/m0/s1. The van der Waals surface area contributed by atoms with E-state index in [9.17, 15) is 5.11 Å². The Hall–Kier alpha value is -2.64. The third-order valence-corrected chi connectivity index (χ3v) is 5.75. The SMILES string of the molecule is CC(C)c1cnn2c(NCc3ccccc3)cc(NC[C@]3(CO)CCNC3)nc12. The van der Waals surface area contributed by atoms with Crippen LogP contribution in [0.5, 0.6) is 0 Å². The summed E-state index contributed by atoms with van der Waals surface area (Å²) in [4.78, 5) is 4.85. The van der Waals surface area contributed by atoms with Crippen LogP contribution in [0.15, 0.2) is 42.6 Å². The van der Waals surface area contributed by atoms with E-state index in [0.717, 1.165) is 42.4 Å². The summed E-state index contributed by atoms with van der Waals surface area (Å²) in [5.74, 6) is 2.03. The molecule has 0 amide bonds. The molecule has 1 atom stereocenters. The van der Waals surface area contributed by atoms with E-state index in [2.05, 4.69) is 47.0 Å². The van der Waals surface area contributed by atoms with Gasteiger partial charge < -0.3 is 21.1 Å². The summed E-state index contributed by atoms with van der Waals surface area (Å²) >= 11 is 0. The Morgan fingerprint density at radius 3 is 2.76 bits per heavy atom. The fourth-order valence-electron chi connectivity index (χ4n) is 3.81. The smallest absolute Gasteiger partial charge is 0.163 e. The molecule has 0 unspecified atom stereocenters. The van der Waals surface area contributed by atoms with Gasteiger partial charge in [0, 0.05) is 36.7 Å². The molecule has 1 aliphatic heterocycles. The van der Waals surface area contributed by atoms with Crippen LogP contribution >= 0.6 is 0 Å². The van der Waals surface area contributed by atoms with Crippen molar-refractivity contribution in [3.63, 3.8) is 0 Å². The summed E-state index contributed by atoms with van der Waals surface area (Å²) < 4.78 is 1.88. The summed E-state index contributed by atoms with van der Waals surface area (Å²) in [6.45, 7) is 7.63. The van der Waals surface area contributed by atoms with Crippen LogP contribution in [0.25, 0.3) is 5.65 Å². The van der Waals surface area contributed by atoms with E-state index < -0.39 is 0 Å². The fourth-order valence-corrected chi connectivity index (χ4v) is 3.81. The average molecular weight is 395 g/mol. The average Bonchev–Trinajstić information content (AvgIpc) is 3.39. The molecule has 29 heavy (non-hydrogen) atoms. The van der Waals surface area contributed by atoms with E-state index >= 15 is 0 Å². The summed E-state index contributed by atoms with van der Waals surface area (Å²) in [6.07, 6.45) is 2.86. The highest BCUT2D eigenvalue weighted by molar-refractivity contribution is 5.61. The lowest BCUT2D eigenvalue weighted by atomic mass is 9.88. The molecule has 4 rings (SSSR count). The zero-order chi connectivity index (χ0) is 20.3. The highest BCUT2D eigenvalue weighted by atomic mass is 16.3. The van der Waals surface area contributed by atoms with E-state index in [0.29, 0.717) is 19.0 Å². The van der Waals surface area contributed by atoms with Crippen molar-refractivity contribution in [3.8, 4) is 0 Å². The highest BCUT2D eigenvalue weighted by Gasteiger charge is 2.33. The van der Waals surface area contributed by atoms with Crippen LogP contribution in [0, 0.1) is 5.41 Å². The van der Waals surface area contributed by atoms with Gasteiger partial charge in [-0.25, -0.2) is 4.98 Å². The van der Waals surface area contributed by atoms with Crippen molar-refractivity contribution in [2.75, 3.05) is 36.9 Å². The fraction of sp³-hybridized carbons (Fsp3) is 0.455. The first-order valence-electron chi connectivity index (χ1n) is 10.3. The summed E-state index contributed by atoms with van der Waals surface area (Å²) in [6, 6.07) is 12.3. The molecule has 4 N–H and O–H groups in total. The molecule has 0 spiro atoms. The van der Waals surface area contributed by atoms with Crippen molar-refractivity contribution >= 4 is 17.3 Å². The van der Waals surface area contributed by atoms with Gasteiger partial charge in [0.1, 0.15) is 11.6 Å². The second-order valence-corrected chi connectivity index (χ2v) is 8.29. The molecule has 1 saturated heterocycles. The minimum absolute atomic E-state index is 0.132. The predicted molar refractivity (Wildman–Crippen MR) is 116 cm³/mol. The molecule has 1 fully saturated rings. The summed E-state index contributed by atoms with van der Waals surface area (Å²) in [5, 5.41) is 24.8. The zero-order valence-electron chi connectivity index (χ0n) is 17.2. The van der Waals surface area contributed by atoms with Gasteiger partial charge in [-0.05, 0) is 24.4 Å². The molecule has 7 nitrogen and oxygen atoms in total. The minimum atomic E-state index is -0.132. The normalized spacial score (nSPS) is 19.2. The first-order valence-corrected chi connectivity index (χ1v) is 10.3. The topological polar surface area (TPSA) is 86.5 Å². The number of hydrogen-bond donors (Lipinski definition) is 4. The molecular formula is C22H30N6O. The Morgan fingerprint density at radius 1 is 1.24 bits per heavy atom. The molecule has 0 radical (unpaired) electrons. The number of hydrogen-bond acceptors (Lipinski definition) is 6. The molecule has 0 aliphatic carbocycles. The van der Waals surface area contributed by atoms with Gasteiger partial charge in [0.05, 0.1) is 12.8 Å². The Morgan fingerprint density at radius 2 is 2.07 bits per heavy atom. The molecule has 1 aromatic carbocycles. The number of benzene rings is 1. The van der Waals surface area contributed by atoms with E-state index in [1.54, 1.807) is 0 Å². The maximum Gasteiger partial charge on any atom is 0.163 e. The van der Waals surface area contributed by atoms with Crippen LogP contribution < -0.4 is 16.0 Å². The zero-order valence-corrected chi connectivity index (χ0v) is 17.2. The van der Waals surface area contributed by atoms with Crippen LogP contribution in [-0.2, 0) is 6.54 Å². The van der Waals surface area contributed by atoms with Gasteiger partial charge in [-0.3, -0.25) is 0 Å². The van der Waals surface area contributed by atoms with Gasteiger partial charge in [0.15, 0.2) is 5.65 Å². The van der Waals surface area contributed by atoms with Crippen LogP contribution in [-0.4, -0.2) is 45.9 Å². The van der Waals surface area contributed by atoms with Gasteiger partial charge in [-0.1, -0.05) is 44.2 Å². The second-order valence-electron chi connectivity index (χ2n) is 8.29. The van der Waals surface area contributed by atoms with E-state index in [4.69, 9.17) is 4.98 Å². The Balaban J connectivity index is 1.62. The molecule has 1 aliphatic rings. The minimum Gasteiger partial charge on any atom is -0.396 e. The number of aliphatic hydroxyl groups is 1. The lowest BCUT2D eigenvalue weighted by molar-refractivity contribution is 0.154. The van der Waals surface area contributed by atoms with Gasteiger partial charge in [-0.15, -0.1) is 0 Å². The molecule has 7 heteroatoms. The van der Waals surface area contributed by atoms with Crippen LogP contribution in [0.2, 0.25) is 0 Å². The number of anilines is 2. The van der Waals surface area contributed by atoms with Gasteiger partial charge in [0.2, 0.25) is 0 Å². The molecule has 0 bridgehead atoms. The maximum atomic E-state index is 9.89. The van der Waals surface area contributed by atoms with Crippen LogP contribution in [0.4, 0.5) is 11.6 Å². The molecule has 0 saturated carbocycles. The van der Waals surface area contributed by atoms with Crippen LogP contribution in [0.1, 0.15) is 37.3 Å². The number of rotatable bonds is 8. The third-order valence-electron chi connectivity index (χ3n) is 5.75. The predicted octanol–water partition coefficient (Wildman–Crippen LogP) is 2.85. The number of nitrogens with one attached hydrogen (secondary N) is 3. The number of aliphatic hydroxyl groups excluding tert-OH is 1. The lowest BCUT2D eigenvalue weighted by Gasteiger charge is -2.26. The Labute approximate surface area is 171 Å². The summed E-state index contributed by atoms with van der Waals surface area (Å²) in [5.41, 5.74) is 3.06. The first kappa shape index (κ1) is 19.7. The first-order chi connectivity index (χ1) is 14.1. The Bertz CT molecular complexity index is 947. The van der Waals surface area contributed by atoms with E-state index in [1.165, 1.54) is 5.56 Å². The van der Waals surface area contributed by atoms with Gasteiger partial charge in [0.25, 0.3) is 0 Å². The van der Waals surface area contributed by atoms with Crippen molar-refractivity contribution in [2.24, 2.45) is 5.41 Å². The summed E-state index contributed by atoms with van der Waals surface area (Å²) in [7, 11) is 0. The largest absolute Gasteiger partial charge is 0.396 e. The van der Waals surface area contributed by atoms with E-state index in [-0.39, 0.29) is 12.0 Å². The number of aromatic nitrogens is 3. The molecular weight excluding hydrogens is 364 g/mol. The monoisotopic (exact) mass is 394 g/mol. The maximum absolute atomic E-state index is 9.89. The molecule has 3 heterocycles. The Kier molecular flexibility index (Phi) is 5.69. The number of fused-ring (bicyclic) bond motifs is 1. The molecule has 3 aromatic rings. The molecule has 2 aromatic heterocycles. The second kappa shape index (κ2) is 8.39. The molecule has 154 valence electrons. The van der Waals surface area contributed by atoms with Crippen molar-refractivity contribution in [2.45, 2.75) is 32.7 Å². The van der Waals surface area contributed by atoms with Crippen molar-refractivity contribution in [1.82, 2.24) is 19.9 Å². The van der Waals surface area contributed by atoms with Crippen LogP contribution in [0.3, 0.4) is 0 Å². The highest BCUT2D eigenvalue weighted by Crippen LogP contribution is 2.27. The van der Waals surface area contributed by atoms with Crippen molar-refractivity contribution in [1.29, 1.82) is 0 Å². The van der Waals surface area contributed by atoms with E-state index in [1.807, 2.05) is 35.0 Å². The lowest BCUT2D eigenvalue weighted by Crippen LogP contribution is -2.35. The quantitative estimate of drug-likeness (QED) is 0.470. The van der Waals surface area contributed by atoms with Gasteiger partial charge in [-0.2, -0.15) is 9.61 Å². The van der Waals surface area contributed by atoms with Crippen molar-refractivity contribution < 1.29 is 5.11 Å².